The predicted molar refractivity (Wildman–Crippen MR) is 56.0 cm³/mol. The van der Waals surface area contributed by atoms with Crippen molar-refractivity contribution in [2.45, 2.75) is 4.90 Å². The third-order valence-electron chi connectivity index (χ3n) is 1.98. The molecule has 0 aliphatic carbocycles. The van der Waals surface area contributed by atoms with E-state index in [1.54, 1.807) is 18.3 Å². The maximum Gasteiger partial charge on any atom is 0.336 e. The number of carbonyl (C=O) groups is 1. The third kappa shape index (κ3) is 1.33. The van der Waals surface area contributed by atoms with Gasteiger partial charge in [-0.3, -0.25) is 4.98 Å². The predicted octanol–water partition coefficient (Wildman–Crippen LogP) is 2.22. The van der Waals surface area contributed by atoms with E-state index in [2.05, 4.69) is 17.6 Å². The first kappa shape index (κ1) is 9.02. The van der Waals surface area contributed by atoms with E-state index in [0.717, 1.165) is 5.39 Å². The summed E-state index contributed by atoms with van der Waals surface area (Å²) in [6, 6.07) is 6.93. The molecule has 4 heteroatoms. The molecule has 70 valence electrons. The van der Waals surface area contributed by atoms with Gasteiger partial charge in [0.15, 0.2) is 0 Å². The van der Waals surface area contributed by atoms with Crippen LogP contribution in [-0.4, -0.2) is 16.1 Å². The third-order valence-corrected chi connectivity index (χ3v) is 2.43. The van der Waals surface area contributed by atoms with Crippen LogP contribution in [0, 0.1) is 0 Å². The zero-order valence-electron chi connectivity index (χ0n) is 7.14. The molecular formula is C10H7NO2S. The van der Waals surface area contributed by atoms with E-state index in [9.17, 15) is 4.79 Å². The summed E-state index contributed by atoms with van der Waals surface area (Å²) < 4.78 is 0. The molecule has 0 unspecified atom stereocenters. The Bertz CT molecular complexity index is 510. The van der Waals surface area contributed by atoms with Gasteiger partial charge in [0.25, 0.3) is 0 Å². The van der Waals surface area contributed by atoms with Crippen molar-refractivity contribution in [2.75, 3.05) is 0 Å². The molecule has 1 N–H and O–H groups in total. The Balaban J connectivity index is 2.81. The van der Waals surface area contributed by atoms with Gasteiger partial charge in [-0.2, -0.15) is 0 Å². The van der Waals surface area contributed by atoms with Crippen LogP contribution in [0.15, 0.2) is 35.4 Å². The minimum atomic E-state index is -0.984. The summed E-state index contributed by atoms with van der Waals surface area (Å²) in [6.07, 6.45) is 1.62. The van der Waals surface area contributed by atoms with Crippen LogP contribution in [0.5, 0.6) is 0 Å². The largest absolute Gasteiger partial charge is 0.478 e. The van der Waals surface area contributed by atoms with Crippen LogP contribution in [0.25, 0.3) is 10.9 Å². The fourth-order valence-corrected chi connectivity index (χ4v) is 1.66. The normalized spacial score (nSPS) is 10.4. The van der Waals surface area contributed by atoms with Gasteiger partial charge in [0.2, 0.25) is 0 Å². The molecule has 2 aromatic rings. The van der Waals surface area contributed by atoms with Crippen molar-refractivity contribution >= 4 is 29.5 Å². The van der Waals surface area contributed by atoms with Gasteiger partial charge in [-0.25, -0.2) is 4.79 Å². The standard InChI is InChI=1S/C10H7NO2S/c12-10(13)7-4-3-6-2-1-5-11-8(6)9(7)14/h1-5,14H,(H,12,13). The molecule has 0 bridgehead atoms. The average molecular weight is 205 g/mol. The van der Waals surface area contributed by atoms with Gasteiger partial charge in [0, 0.05) is 16.5 Å². The minimum absolute atomic E-state index is 0.180. The summed E-state index contributed by atoms with van der Waals surface area (Å²) in [6.45, 7) is 0. The van der Waals surface area contributed by atoms with Gasteiger partial charge in [-0.1, -0.05) is 12.1 Å². The Hall–Kier alpha value is -1.55. The first-order valence-corrected chi connectivity index (χ1v) is 4.45. The number of pyridine rings is 1. The number of carboxylic acid groups (broad SMARTS) is 1. The molecule has 0 atom stereocenters. The quantitative estimate of drug-likeness (QED) is 0.702. The van der Waals surface area contributed by atoms with E-state index in [-0.39, 0.29) is 5.56 Å². The maximum absolute atomic E-state index is 10.8. The number of nitrogens with zero attached hydrogens (tertiary/aromatic N) is 1. The van der Waals surface area contributed by atoms with Crippen LogP contribution in [0.2, 0.25) is 0 Å². The fraction of sp³-hybridized carbons (Fsp3) is 0. The highest BCUT2D eigenvalue weighted by molar-refractivity contribution is 7.80. The van der Waals surface area contributed by atoms with Crippen molar-refractivity contribution < 1.29 is 9.90 Å². The molecule has 0 amide bonds. The summed E-state index contributed by atoms with van der Waals surface area (Å²) in [4.78, 5) is 15.3. The Kier molecular flexibility index (Phi) is 2.13. The van der Waals surface area contributed by atoms with Crippen molar-refractivity contribution in [2.24, 2.45) is 0 Å². The lowest BCUT2D eigenvalue weighted by molar-refractivity contribution is 0.0693. The van der Waals surface area contributed by atoms with Crippen LogP contribution in [0.4, 0.5) is 0 Å². The molecule has 0 radical (unpaired) electrons. The number of rotatable bonds is 1. The second-order valence-electron chi connectivity index (χ2n) is 2.84. The molecule has 1 aromatic carbocycles. The molecule has 2 rings (SSSR count). The first-order valence-electron chi connectivity index (χ1n) is 4.00. The van der Waals surface area contributed by atoms with Crippen molar-refractivity contribution in [3.63, 3.8) is 0 Å². The van der Waals surface area contributed by atoms with E-state index < -0.39 is 5.97 Å². The number of carboxylic acids is 1. The lowest BCUT2D eigenvalue weighted by Crippen LogP contribution is -1.98. The number of aromatic carboxylic acids is 1. The van der Waals surface area contributed by atoms with Gasteiger partial charge in [0.1, 0.15) is 0 Å². The number of thiol groups is 1. The summed E-state index contributed by atoms with van der Waals surface area (Å²) in [5.74, 6) is -0.984. The molecule has 3 nitrogen and oxygen atoms in total. The highest BCUT2D eigenvalue weighted by Gasteiger charge is 2.10. The van der Waals surface area contributed by atoms with Crippen LogP contribution < -0.4 is 0 Å². The van der Waals surface area contributed by atoms with Crippen LogP contribution in [0.1, 0.15) is 10.4 Å². The van der Waals surface area contributed by atoms with Crippen LogP contribution >= 0.6 is 12.6 Å². The van der Waals surface area contributed by atoms with Gasteiger partial charge in [0.05, 0.1) is 11.1 Å². The molecule has 0 aliphatic heterocycles. The van der Waals surface area contributed by atoms with Crippen molar-refractivity contribution in [3.05, 3.63) is 36.0 Å². The fourth-order valence-electron chi connectivity index (χ4n) is 1.30. The molecule has 0 saturated carbocycles. The van der Waals surface area contributed by atoms with Crippen LogP contribution in [-0.2, 0) is 0 Å². The monoisotopic (exact) mass is 205 g/mol. The SMILES string of the molecule is O=C(O)c1ccc2cccnc2c1S. The van der Waals surface area contributed by atoms with Gasteiger partial charge < -0.3 is 5.11 Å². The van der Waals surface area contributed by atoms with E-state index in [1.807, 2.05) is 6.07 Å². The lowest BCUT2D eigenvalue weighted by Gasteiger charge is -2.03. The number of aromatic nitrogens is 1. The second-order valence-corrected chi connectivity index (χ2v) is 3.29. The molecule has 1 aromatic heterocycles. The minimum Gasteiger partial charge on any atom is -0.478 e. The summed E-state index contributed by atoms with van der Waals surface area (Å²) >= 11 is 4.16. The molecular weight excluding hydrogens is 198 g/mol. The van der Waals surface area contributed by atoms with Crippen LogP contribution in [0.3, 0.4) is 0 Å². The summed E-state index contributed by atoms with van der Waals surface area (Å²) in [5, 5.41) is 9.74. The van der Waals surface area contributed by atoms with E-state index in [0.29, 0.717) is 10.4 Å². The van der Waals surface area contributed by atoms with Crippen molar-refractivity contribution in [1.82, 2.24) is 4.98 Å². The highest BCUT2D eigenvalue weighted by Crippen LogP contribution is 2.23. The Morgan fingerprint density at radius 1 is 1.36 bits per heavy atom. The molecule has 14 heavy (non-hydrogen) atoms. The zero-order valence-corrected chi connectivity index (χ0v) is 8.03. The molecule has 0 saturated heterocycles. The number of hydrogen-bond donors (Lipinski definition) is 2. The van der Waals surface area contributed by atoms with Gasteiger partial charge in [-0.15, -0.1) is 12.6 Å². The Labute approximate surface area is 85.8 Å². The topological polar surface area (TPSA) is 50.2 Å². The van der Waals surface area contributed by atoms with Gasteiger partial charge >= 0.3 is 5.97 Å². The number of benzene rings is 1. The van der Waals surface area contributed by atoms with Crippen molar-refractivity contribution in [1.29, 1.82) is 0 Å². The molecule has 0 aliphatic rings. The lowest BCUT2D eigenvalue weighted by atomic mass is 10.1. The number of hydrogen-bond acceptors (Lipinski definition) is 3. The summed E-state index contributed by atoms with van der Waals surface area (Å²) in [7, 11) is 0. The maximum atomic E-state index is 10.8. The molecule has 1 heterocycles. The first-order chi connectivity index (χ1) is 6.70. The molecule has 0 spiro atoms. The van der Waals surface area contributed by atoms with Gasteiger partial charge in [-0.05, 0) is 12.1 Å². The highest BCUT2D eigenvalue weighted by atomic mass is 32.1. The molecule has 0 fully saturated rings. The van der Waals surface area contributed by atoms with E-state index in [1.165, 1.54) is 6.07 Å². The second kappa shape index (κ2) is 3.31. The smallest absolute Gasteiger partial charge is 0.336 e. The Morgan fingerprint density at radius 3 is 2.86 bits per heavy atom. The summed E-state index contributed by atoms with van der Waals surface area (Å²) in [5.41, 5.74) is 0.801. The Morgan fingerprint density at radius 2 is 2.14 bits per heavy atom. The van der Waals surface area contributed by atoms with Crippen molar-refractivity contribution in [3.8, 4) is 0 Å². The van der Waals surface area contributed by atoms with E-state index in [4.69, 9.17) is 5.11 Å². The zero-order chi connectivity index (χ0) is 10.1. The number of fused-ring (bicyclic) bond motifs is 1. The van der Waals surface area contributed by atoms with E-state index >= 15 is 0 Å². The average Bonchev–Trinajstić information content (AvgIpc) is 2.18.